The van der Waals surface area contributed by atoms with E-state index in [1.165, 1.54) is 85.2 Å². The van der Waals surface area contributed by atoms with Gasteiger partial charge in [-0.05, 0) is 131 Å². The monoisotopic (exact) mass is 894 g/mol. The summed E-state index contributed by atoms with van der Waals surface area (Å²) >= 11 is 15.9. The van der Waals surface area contributed by atoms with Crippen molar-refractivity contribution in [3.63, 3.8) is 0 Å². The van der Waals surface area contributed by atoms with E-state index in [1.54, 1.807) is 24.3 Å². The topological polar surface area (TPSA) is 71.1 Å². The van der Waals surface area contributed by atoms with Gasteiger partial charge in [0.15, 0.2) is 0 Å². The molecule has 16 bridgehead atoms. The molecule has 0 atom stereocenters. The number of carbonyl (C=O) groups excluding carboxylic acids is 2. The third-order valence-electron chi connectivity index (χ3n) is 9.58. The van der Waals surface area contributed by atoms with E-state index in [4.69, 9.17) is 18.9 Å². The zero-order chi connectivity index (χ0) is 37.8. The van der Waals surface area contributed by atoms with Gasteiger partial charge in [0.1, 0.15) is 37.9 Å². The highest BCUT2D eigenvalue weighted by molar-refractivity contribution is 8.46. The van der Waals surface area contributed by atoms with Crippen LogP contribution in [0.1, 0.15) is 59.2 Å². The number of carbonyl (C=O) groups is 2. The molecule has 0 aromatic heterocycles. The van der Waals surface area contributed by atoms with Crippen molar-refractivity contribution < 1.29 is 28.5 Å². The maximum atomic E-state index is 12.9. The molecule has 6 nitrogen and oxygen atoms in total. The van der Waals surface area contributed by atoms with E-state index >= 15 is 0 Å². The molecule has 4 aromatic carbocycles. The van der Waals surface area contributed by atoms with Gasteiger partial charge < -0.3 is 18.9 Å². The minimum atomic E-state index is -0.473. The van der Waals surface area contributed by atoms with Gasteiger partial charge in [-0.25, -0.2) is 9.59 Å². The first-order valence-corrected chi connectivity index (χ1v) is 26.0. The highest BCUT2D eigenvalue weighted by Gasteiger charge is 2.28. The largest absolute Gasteiger partial charge is 0.490 e. The summed E-state index contributed by atoms with van der Waals surface area (Å²) in [6.45, 7) is 0.585. The first-order chi connectivity index (χ1) is 27.6. The van der Waals surface area contributed by atoms with E-state index in [9.17, 15) is 9.59 Å². The van der Waals surface area contributed by atoms with Gasteiger partial charge >= 0.3 is 11.9 Å². The molecule has 0 saturated heterocycles. The molecule has 56 heavy (non-hydrogen) atoms. The van der Waals surface area contributed by atoms with Crippen LogP contribution in [0.3, 0.4) is 0 Å². The highest BCUT2D eigenvalue weighted by Crippen LogP contribution is 2.60. The van der Waals surface area contributed by atoms with Crippen LogP contribution in [0.15, 0.2) is 77.6 Å². The molecule has 0 fully saturated rings. The summed E-state index contributed by atoms with van der Waals surface area (Å²) in [4.78, 5) is 25.7. The van der Waals surface area contributed by atoms with Crippen molar-refractivity contribution >= 4 is 136 Å². The fraction of sp³-hybridized carbons (Fsp3) is 0.333. The number of benzene rings is 4. The average Bonchev–Trinajstić information content (AvgIpc) is 3.81. The standard InChI is InChI=1S/C42H38O6S8/c43-35-25-7-9-26(10-8-25)36(44)48-18-16-46-28-11-13-29-32(24-28)34-30-14-12-27(45-15-17-47-35)23-31(30)33(29)37-53-39-41(55-37)51-21-5-2-6-22-52-42-40(54-38(34)56-42)50-20-4-1-3-19-49-39/h7-14,23-24H,1-6,15-22H2. The predicted octanol–water partition coefficient (Wildman–Crippen LogP) is 11.4. The van der Waals surface area contributed by atoms with Crippen LogP contribution in [0.4, 0.5) is 0 Å². The van der Waals surface area contributed by atoms with Crippen molar-refractivity contribution in [3.05, 3.63) is 99.2 Å². The van der Waals surface area contributed by atoms with Crippen molar-refractivity contribution in [1.82, 2.24) is 0 Å². The Morgan fingerprint density at radius 3 is 1.11 bits per heavy atom. The van der Waals surface area contributed by atoms with E-state index in [0.29, 0.717) is 11.1 Å². The molecule has 0 N–H and O–H groups in total. The fourth-order valence-corrected chi connectivity index (χ4v) is 19.1. The van der Waals surface area contributed by atoms with Gasteiger partial charge in [-0.1, -0.05) is 59.9 Å². The van der Waals surface area contributed by atoms with Crippen LogP contribution < -0.4 is 19.9 Å². The lowest BCUT2D eigenvalue weighted by atomic mass is 9.98. The molecule has 0 unspecified atom stereocenters. The summed E-state index contributed by atoms with van der Waals surface area (Å²) < 4.78 is 32.1. The minimum Gasteiger partial charge on any atom is -0.490 e. The lowest BCUT2D eigenvalue weighted by Gasteiger charge is -2.15. The summed E-state index contributed by atoms with van der Waals surface area (Å²) in [5.41, 5.74) is 0.713. The zero-order valence-corrected chi connectivity index (χ0v) is 36.9. The minimum absolute atomic E-state index is 0.0885. The lowest BCUT2D eigenvalue weighted by molar-refractivity contribution is 0.0437. The molecule has 0 aliphatic carbocycles. The van der Waals surface area contributed by atoms with E-state index in [-0.39, 0.29) is 26.4 Å². The second-order valence-electron chi connectivity index (χ2n) is 13.4. The summed E-state index contributed by atoms with van der Waals surface area (Å²) in [7, 11) is 0. The number of esters is 2. The van der Waals surface area contributed by atoms with E-state index in [2.05, 4.69) is 36.4 Å². The predicted molar refractivity (Wildman–Crippen MR) is 247 cm³/mol. The van der Waals surface area contributed by atoms with Gasteiger partial charge in [0.2, 0.25) is 0 Å². The Labute approximate surface area is 360 Å². The zero-order valence-electron chi connectivity index (χ0n) is 30.4. The summed E-state index contributed by atoms with van der Waals surface area (Å²) in [5, 5.41) is 7.06. The first-order valence-electron chi connectivity index (χ1n) is 18.8. The quantitative estimate of drug-likeness (QED) is 0.124. The van der Waals surface area contributed by atoms with Crippen LogP contribution >= 0.6 is 94.1 Å². The number of hydrogen-bond donors (Lipinski definition) is 0. The Bertz CT molecular complexity index is 2180. The number of hydrogen-bond acceptors (Lipinski definition) is 14. The smallest absolute Gasteiger partial charge is 0.338 e. The second kappa shape index (κ2) is 18.5. The number of ether oxygens (including phenoxy) is 4. The van der Waals surface area contributed by atoms with E-state index in [1.807, 2.05) is 94.1 Å². The van der Waals surface area contributed by atoms with Crippen LogP contribution in [0, 0.1) is 0 Å². The molecule has 13 heterocycles. The molecule has 290 valence electrons. The van der Waals surface area contributed by atoms with Gasteiger partial charge in [-0.2, -0.15) is 0 Å². The number of fused-ring (bicyclic) bond motifs is 12. The van der Waals surface area contributed by atoms with Crippen LogP contribution in [-0.4, -0.2) is 61.4 Å². The van der Waals surface area contributed by atoms with Crippen molar-refractivity contribution in [2.45, 2.75) is 38.5 Å². The van der Waals surface area contributed by atoms with Gasteiger partial charge in [-0.15, -0.1) is 47.0 Å². The Hall–Kier alpha value is -2.04. The highest BCUT2D eigenvalue weighted by atomic mass is 32.3. The first kappa shape index (κ1) is 39.4. The number of rotatable bonds is 0. The Morgan fingerprint density at radius 1 is 0.375 bits per heavy atom. The number of thioether (sulfide) groups is 8. The van der Waals surface area contributed by atoms with Crippen molar-refractivity contribution in [2.24, 2.45) is 0 Å². The summed E-state index contributed by atoms with van der Waals surface area (Å²) in [6.07, 6.45) is 7.37. The van der Waals surface area contributed by atoms with Crippen molar-refractivity contribution in [2.75, 3.05) is 49.4 Å². The van der Waals surface area contributed by atoms with Crippen molar-refractivity contribution in [3.8, 4) is 11.5 Å². The van der Waals surface area contributed by atoms with Crippen LogP contribution in [0.2, 0.25) is 0 Å². The molecule has 13 aliphatic heterocycles. The van der Waals surface area contributed by atoms with Gasteiger partial charge in [-0.3, -0.25) is 0 Å². The van der Waals surface area contributed by atoms with E-state index in [0.717, 1.165) is 45.3 Å². The maximum Gasteiger partial charge on any atom is 0.338 e. The second-order valence-corrected chi connectivity index (χ2v) is 23.4. The summed E-state index contributed by atoms with van der Waals surface area (Å²) in [6, 6.07) is 19.2. The van der Waals surface area contributed by atoms with Gasteiger partial charge in [0.25, 0.3) is 0 Å². The van der Waals surface area contributed by atoms with Crippen LogP contribution in [0.5, 0.6) is 11.5 Å². The molecule has 0 saturated carbocycles. The molecule has 17 rings (SSSR count). The average molecular weight is 895 g/mol. The van der Waals surface area contributed by atoms with E-state index < -0.39 is 11.9 Å². The lowest BCUT2D eigenvalue weighted by Crippen LogP contribution is -2.18. The van der Waals surface area contributed by atoms with Gasteiger partial charge in [0.05, 0.1) is 36.5 Å². The Kier molecular flexibility index (Phi) is 13.0. The molecule has 13 aliphatic rings. The SMILES string of the molecule is O=C1OCCOc2ccc3c4c5cc(ccc5c(c3c2)=C2SC3=C(SCCCCCSC5=C(SCCCCCS3)SC=4S5)S2)OCCOC(=O)c2ccc1cc2. The Morgan fingerprint density at radius 2 is 0.732 bits per heavy atom. The van der Waals surface area contributed by atoms with Gasteiger partial charge in [0, 0.05) is 10.4 Å². The molecular weight excluding hydrogens is 857 g/mol. The maximum absolute atomic E-state index is 12.9. The molecule has 14 heteroatoms. The normalized spacial score (nSPS) is 20.4. The Balaban J connectivity index is 1.25. The molecule has 4 aromatic rings. The molecule has 0 spiro atoms. The van der Waals surface area contributed by atoms with Crippen molar-refractivity contribution in [1.29, 1.82) is 0 Å². The molecule has 0 amide bonds. The van der Waals surface area contributed by atoms with Crippen LogP contribution in [-0.2, 0) is 9.47 Å². The third kappa shape index (κ3) is 8.78. The molecule has 0 radical (unpaired) electrons. The summed E-state index contributed by atoms with van der Waals surface area (Å²) in [5.74, 6) is 5.02. The van der Waals surface area contributed by atoms with Crippen LogP contribution in [0.25, 0.3) is 30.0 Å². The molecular formula is C42H38O6S8. The third-order valence-corrected chi connectivity index (χ3v) is 21.0. The fourth-order valence-electron chi connectivity index (χ4n) is 6.83.